The van der Waals surface area contributed by atoms with Crippen molar-refractivity contribution < 1.29 is 9.21 Å². The van der Waals surface area contributed by atoms with Crippen LogP contribution in [0, 0.1) is 5.92 Å². The monoisotopic (exact) mass is 385 g/mol. The van der Waals surface area contributed by atoms with Gasteiger partial charge < -0.3 is 14.6 Å². The van der Waals surface area contributed by atoms with Gasteiger partial charge in [0.1, 0.15) is 0 Å². The molecule has 1 aromatic heterocycles. The predicted octanol–water partition coefficient (Wildman–Crippen LogP) is 3.19. The van der Waals surface area contributed by atoms with Gasteiger partial charge in [0.25, 0.3) is 0 Å². The maximum atomic E-state index is 12.3. The summed E-state index contributed by atoms with van der Waals surface area (Å²) in [6.07, 6.45) is 3.83. The molecule has 1 amide bonds. The summed E-state index contributed by atoms with van der Waals surface area (Å²) in [5.74, 6) is 2.16. The van der Waals surface area contributed by atoms with E-state index in [1.165, 1.54) is 0 Å². The lowest BCUT2D eigenvalue weighted by Crippen LogP contribution is -2.30. The third kappa shape index (κ3) is 5.73. The minimum atomic E-state index is 0. The third-order valence-corrected chi connectivity index (χ3v) is 4.30. The van der Waals surface area contributed by atoms with Gasteiger partial charge >= 0.3 is 0 Å². The molecule has 1 aliphatic rings. The van der Waals surface area contributed by atoms with Crippen LogP contribution in [0.15, 0.2) is 40.9 Å². The molecule has 138 valence electrons. The molecule has 1 saturated heterocycles. The van der Waals surface area contributed by atoms with Gasteiger partial charge in [-0.05, 0) is 25.9 Å². The van der Waals surface area contributed by atoms with Crippen LogP contribution < -0.4 is 5.32 Å². The van der Waals surface area contributed by atoms with Crippen molar-refractivity contribution in [2.24, 2.45) is 5.92 Å². The van der Waals surface area contributed by atoms with E-state index in [1.807, 2.05) is 42.3 Å². The summed E-state index contributed by atoms with van der Waals surface area (Å²) in [4.78, 5) is 18.5. The van der Waals surface area contributed by atoms with E-state index in [0.29, 0.717) is 24.7 Å². The fraction of sp³-hybridized carbons (Fsp3) is 0.444. The van der Waals surface area contributed by atoms with Crippen LogP contribution in [0.5, 0.6) is 0 Å². The minimum Gasteiger partial charge on any atom is -0.441 e. The Morgan fingerprint density at radius 1 is 1.32 bits per heavy atom. The molecule has 3 rings (SSSR count). The first kappa shape index (κ1) is 21.5. The van der Waals surface area contributed by atoms with E-state index in [-0.39, 0.29) is 30.7 Å². The van der Waals surface area contributed by atoms with Crippen LogP contribution in [-0.4, -0.2) is 42.5 Å². The van der Waals surface area contributed by atoms with Crippen molar-refractivity contribution in [3.8, 4) is 11.3 Å². The summed E-state index contributed by atoms with van der Waals surface area (Å²) >= 11 is 0. The van der Waals surface area contributed by atoms with Crippen LogP contribution in [0.2, 0.25) is 0 Å². The van der Waals surface area contributed by atoms with E-state index >= 15 is 0 Å². The van der Waals surface area contributed by atoms with E-state index in [2.05, 4.69) is 10.3 Å². The van der Waals surface area contributed by atoms with Gasteiger partial charge in [-0.1, -0.05) is 30.3 Å². The first-order chi connectivity index (χ1) is 11.3. The number of hydrogen-bond donors (Lipinski definition) is 1. The molecule has 25 heavy (non-hydrogen) atoms. The Bertz CT molecular complexity index is 649. The number of carbonyl (C=O) groups excluding carboxylic acids is 1. The average molecular weight is 386 g/mol. The lowest BCUT2D eigenvalue weighted by Gasteiger charge is -2.16. The van der Waals surface area contributed by atoms with Crippen LogP contribution in [0.1, 0.15) is 18.7 Å². The molecule has 0 aliphatic carbocycles. The summed E-state index contributed by atoms with van der Waals surface area (Å²) in [5, 5.41) is 3.18. The predicted molar refractivity (Wildman–Crippen MR) is 103 cm³/mol. The Balaban J connectivity index is 0.00000156. The number of carbonyl (C=O) groups is 1. The highest BCUT2D eigenvalue weighted by molar-refractivity contribution is 5.85. The van der Waals surface area contributed by atoms with E-state index in [9.17, 15) is 4.79 Å². The maximum Gasteiger partial charge on any atom is 0.223 e. The van der Waals surface area contributed by atoms with Crippen LogP contribution >= 0.6 is 24.8 Å². The maximum absolute atomic E-state index is 12.3. The molecule has 1 unspecified atom stereocenters. The number of halogens is 2. The second-order valence-electron chi connectivity index (χ2n) is 6.04. The summed E-state index contributed by atoms with van der Waals surface area (Å²) < 4.78 is 5.75. The molecule has 5 nitrogen and oxygen atoms in total. The highest BCUT2D eigenvalue weighted by Crippen LogP contribution is 2.21. The minimum absolute atomic E-state index is 0. The van der Waals surface area contributed by atoms with E-state index in [1.54, 1.807) is 6.20 Å². The zero-order chi connectivity index (χ0) is 16.1. The van der Waals surface area contributed by atoms with Crippen molar-refractivity contribution in [1.82, 2.24) is 15.2 Å². The molecule has 1 aromatic carbocycles. The Morgan fingerprint density at radius 3 is 2.80 bits per heavy atom. The number of likely N-dealkylation sites (tertiary alicyclic amines) is 1. The molecule has 0 saturated carbocycles. The van der Waals surface area contributed by atoms with E-state index in [4.69, 9.17) is 4.42 Å². The lowest BCUT2D eigenvalue weighted by atomic mass is 10.1. The van der Waals surface area contributed by atoms with Crippen molar-refractivity contribution in [3.63, 3.8) is 0 Å². The van der Waals surface area contributed by atoms with Gasteiger partial charge in [0.2, 0.25) is 5.91 Å². The molecular formula is C18H25Cl2N3O2. The molecule has 2 heterocycles. The van der Waals surface area contributed by atoms with Gasteiger partial charge in [-0.3, -0.25) is 4.79 Å². The van der Waals surface area contributed by atoms with Crippen LogP contribution in [0.4, 0.5) is 0 Å². The smallest absolute Gasteiger partial charge is 0.223 e. The number of nitrogens with one attached hydrogen (secondary N) is 1. The molecule has 1 aliphatic heterocycles. The average Bonchev–Trinajstić information content (AvgIpc) is 3.23. The fourth-order valence-electron chi connectivity index (χ4n) is 3.05. The molecule has 2 aromatic rings. The standard InChI is InChI=1S/C18H23N3O2.2ClH/c1-19-11-14-9-10-21(13-14)18(22)8-7-17-20-12-16(23-17)15-5-3-2-4-6-15;;/h2-6,12,14,19H,7-11,13H2,1H3;2*1H. The second-order valence-corrected chi connectivity index (χ2v) is 6.04. The Kier molecular flexibility index (Phi) is 8.97. The van der Waals surface area contributed by atoms with E-state index in [0.717, 1.165) is 37.4 Å². The molecule has 0 bridgehead atoms. The number of oxazole rings is 1. The molecule has 1 atom stereocenters. The van der Waals surface area contributed by atoms with Crippen molar-refractivity contribution in [2.75, 3.05) is 26.7 Å². The number of nitrogens with zero attached hydrogens (tertiary/aromatic N) is 2. The number of aromatic nitrogens is 1. The largest absolute Gasteiger partial charge is 0.441 e. The number of amides is 1. The summed E-state index contributed by atoms with van der Waals surface area (Å²) in [6, 6.07) is 9.88. The van der Waals surface area contributed by atoms with Gasteiger partial charge in [-0.2, -0.15) is 0 Å². The number of benzene rings is 1. The Hall–Kier alpha value is -1.56. The summed E-state index contributed by atoms with van der Waals surface area (Å²) in [7, 11) is 1.96. The third-order valence-electron chi connectivity index (χ3n) is 4.30. The van der Waals surface area contributed by atoms with Gasteiger partial charge in [-0.15, -0.1) is 24.8 Å². The molecule has 0 spiro atoms. The van der Waals surface area contributed by atoms with E-state index < -0.39 is 0 Å². The molecule has 1 fully saturated rings. The van der Waals surface area contributed by atoms with Gasteiger partial charge in [-0.25, -0.2) is 4.98 Å². The normalized spacial score (nSPS) is 16.2. The first-order valence-electron chi connectivity index (χ1n) is 8.19. The number of rotatable bonds is 6. The van der Waals surface area contributed by atoms with Gasteiger partial charge in [0, 0.05) is 31.5 Å². The summed E-state index contributed by atoms with van der Waals surface area (Å²) in [6.45, 7) is 2.70. The Labute approximate surface area is 161 Å². The molecule has 7 heteroatoms. The number of hydrogen-bond acceptors (Lipinski definition) is 4. The fourth-order valence-corrected chi connectivity index (χ4v) is 3.05. The zero-order valence-corrected chi connectivity index (χ0v) is 15.9. The Morgan fingerprint density at radius 2 is 2.08 bits per heavy atom. The van der Waals surface area contributed by atoms with Crippen LogP contribution in [0.25, 0.3) is 11.3 Å². The van der Waals surface area contributed by atoms with Crippen molar-refractivity contribution in [3.05, 3.63) is 42.4 Å². The number of aryl methyl sites for hydroxylation is 1. The second kappa shape index (κ2) is 10.4. The van der Waals surface area contributed by atoms with Gasteiger partial charge in [0.05, 0.1) is 6.20 Å². The van der Waals surface area contributed by atoms with Crippen molar-refractivity contribution >= 4 is 30.7 Å². The van der Waals surface area contributed by atoms with Crippen molar-refractivity contribution in [1.29, 1.82) is 0 Å². The lowest BCUT2D eigenvalue weighted by molar-refractivity contribution is -0.130. The zero-order valence-electron chi connectivity index (χ0n) is 14.3. The van der Waals surface area contributed by atoms with Crippen LogP contribution in [-0.2, 0) is 11.2 Å². The molecule has 1 N–H and O–H groups in total. The van der Waals surface area contributed by atoms with Crippen LogP contribution in [0.3, 0.4) is 0 Å². The van der Waals surface area contributed by atoms with Crippen molar-refractivity contribution in [2.45, 2.75) is 19.3 Å². The highest BCUT2D eigenvalue weighted by Gasteiger charge is 2.25. The topological polar surface area (TPSA) is 58.4 Å². The summed E-state index contributed by atoms with van der Waals surface area (Å²) in [5.41, 5.74) is 1.01. The quantitative estimate of drug-likeness (QED) is 0.829. The van der Waals surface area contributed by atoms with Gasteiger partial charge in [0.15, 0.2) is 11.7 Å². The highest BCUT2D eigenvalue weighted by atomic mass is 35.5. The first-order valence-corrected chi connectivity index (χ1v) is 8.19. The molecular weight excluding hydrogens is 361 g/mol. The molecule has 0 radical (unpaired) electrons. The SMILES string of the molecule is CNCC1CCN(C(=O)CCc2ncc(-c3ccccc3)o2)C1.Cl.Cl.